The van der Waals surface area contributed by atoms with Crippen LogP contribution < -0.4 is 24.8 Å². The zero-order valence-corrected chi connectivity index (χ0v) is 6.70. The fourth-order valence-corrected chi connectivity index (χ4v) is 0. The largest absolute Gasteiger partial charge is 2.00 e. The third-order valence-electron chi connectivity index (χ3n) is 0.1000. The average Bonchev–Trinajstić information content (AvgIpc) is 1.37. The molecule has 0 rings (SSSR count). The third kappa shape index (κ3) is 39.2. The Bertz CT molecular complexity index is 15.7. The van der Waals surface area contributed by atoms with Crippen molar-refractivity contribution in [2.24, 2.45) is 0 Å². The van der Waals surface area contributed by atoms with Crippen molar-refractivity contribution >= 4 is 23.1 Å². The number of hydrogen-bond acceptors (Lipinski definition) is 2. The van der Waals surface area contributed by atoms with E-state index in [1.807, 2.05) is 0 Å². The zero-order valence-electron chi connectivity index (χ0n) is 3.77. The fourth-order valence-electron chi connectivity index (χ4n) is 0. The van der Waals surface area contributed by atoms with Crippen molar-refractivity contribution in [3.8, 4) is 0 Å². The summed E-state index contributed by atoms with van der Waals surface area (Å²) in [6, 6.07) is 0. The van der Waals surface area contributed by atoms with Gasteiger partial charge in [0.05, 0.1) is 13.2 Å². The Morgan fingerprint density at radius 3 is 1.00 bits per heavy atom. The van der Waals surface area contributed by atoms with Crippen LogP contribution in [0, 0.1) is 0 Å². The molecule has 0 bridgehead atoms. The molecule has 0 aromatic rings. The second-order valence-electron chi connectivity index (χ2n) is 0.447. The molecule has 0 aliphatic carbocycles. The summed E-state index contributed by atoms with van der Waals surface area (Å²) in [5.41, 5.74) is 0. The summed E-state index contributed by atoms with van der Waals surface area (Å²) in [5, 5.41) is 15.2. The van der Waals surface area contributed by atoms with Crippen LogP contribution in [0.2, 0.25) is 0 Å². The second kappa shape index (κ2) is 26.7. The first-order valence-corrected chi connectivity index (χ1v) is 1.13. The van der Waals surface area contributed by atoms with E-state index < -0.39 is 0 Å². The molecule has 0 saturated carbocycles. The van der Waals surface area contributed by atoms with E-state index in [1.54, 1.807) is 0 Å². The first-order valence-electron chi connectivity index (χ1n) is 1.13. The van der Waals surface area contributed by atoms with Gasteiger partial charge in [0, 0.05) is 0 Å². The molecule has 5 heteroatoms. The molecule has 0 spiro atoms. The minimum absolute atomic E-state index is 0. The van der Waals surface area contributed by atoms with E-state index in [2.05, 4.69) is 0 Å². The van der Waals surface area contributed by atoms with Crippen LogP contribution in [-0.2, 0) is 0 Å². The molecule has 0 atom stereocenters. The van der Waals surface area contributed by atoms with Crippen LogP contribution in [0.3, 0.4) is 0 Å². The van der Waals surface area contributed by atoms with E-state index in [-0.39, 0.29) is 61.1 Å². The molecule has 0 saturated heterocycles. The van der Waals surface area contributed by atoms with E-state index >= 15 is 0 Å². The van der Waals surface area contributed by atoms with E-state index in [0.29, 0.717) is 0 Å². The molecule has 0 radical (unpaired) electrons. The van der Waals surface area contributed by atoms with E-state index in [1.165, 1.54) is 0 Å². The molecule has 0 aliphatic heterocycles. The van der Waals surface area contributed by atoms with E-state index in [4.69, 9.17) is 10.2 Å². The number of aliphatic hydroxyl groups is 2. The maximum Gasteiger partial charge on any atom is 2.00 e. The quantitative estimate of drug-likeness (QED) is 0.371. The fraction of sp³-hybridized carbons (Fsp3) is 1.00. The van der Waals surface area contributed by atoms with Gasteiger partial charge >= 0.3 is 23.1 Å². The van der Waals surface area contributed by atoms with Gasteiger partial charge in [0.1, 0.15) is 0 Å². The molecular weight excluding hydrogens is 151 g/mol. The summed E-state index contributed by atoms with van der Waals surface area (Å²) in [6.45, 7) is -0.250. The molecule has 42 valence electrons. The maximum atomic E-state index is 7.62. The predicted octanol–water partition coefficient (Wildman–Crippen LogP) is -7.40. The first-order chi connectivity index (χ1) is 1.91. The van der Waals surface area contributed by atoms with Gasteiger partial charge in [0.2, 0.25) is 0 Å². The molecule has 0 unspecified atom stereocenters. The molecule has 0 heterocycles. The summed E-state index contributed by atoms with van der Waals surface area (Å²) >= 11 is 0. The van der Waals surface area contributed by atoms with Crippen molar-refractivity contribution in [3.05, 3.63) is 0 Å². The van der Waals surface area contributed by atoms with Crippen LogP contribution in [0.25, 0.3) is 0 Å². The summed E-state index contributed by atoms with van der Waals surface area (Å²) in [4.78, 5) is 0. The molecule has 7 heavy (non-hydrogen) atoms. The molecular formula is C2H6Cl2MgO2. The van der Waals surface area contributed by atoms with Gasteiger partial charge in [-0.25, -0.2) is 0 Å². The van der Waals surface area contributed by atoms with Gasteiger partial charge in [-0.15, -0.1) is 0 Å². The van der Waals surface area contributed by atoms with Crippen molar-refractivity contribution in [3.63, 3.8) is 0 Å². The Kier molecular flexibility index (Phi) is 91.6. The normalized spacial score (nSPS) is 4.29. The van der Waals surface area contributed by atoms with Crippen molar-refractivity contribution in [1.29, 1.82) is 0 Å². The average molecular weight is 157 g/mol. The zero-order chi connectivity index (χ0) is 3.41. The van der Waals surface area contributed by atoms with Gasteiger partial charge in [-0.3, -0.25) is 0 Å². The molecule has 2 nitrogen and oxygen atoms in total. The Balaban J connectivity index is -0.0000000150. The summed E-state index contributed by atoms with van der Waals surface area (Å²) in [7, 11) is 0. The molecule has 0 fully saturated rings. The Labute approximate surface area is 71.3 Å². The monoisotopic (exact) mass is 156 g/mol. The van der Waals surface area contributed by atoms with Gasteiger partial charge in [0.25, 0.3) is 0 Å². The van der Waals surface area contributed by atoms with Crippen LogP contribution in [0.4, 0.5) is 0 Å². The van der Waals surface area contributed by atoms with Gasteiger partial charge < -0.3 is 35.0 Å². The second-order valence-corrected chi connectivity index (χ2v) is 0.447. The van der Waals surface area contributed by atoms with Gasteiger partial charge in [-0.1, -0.05) is 0 Å². The summed E-state index contributed by atoms with van der Waals surface area (Å²) in [5.74, 6) is 0. The smallest absolute Gasteiger partial charge is 1.00 e. The van der Waals surface area contributed by atoms with Crippen LogP contribution in [0.15, 0.2) is 0 Å². The molecule has 0 amide bonds. The van der Waals surface area contributed by atoms with Crippen LogP contribution in [0.5, 0.6) is 0 Å². The number of rotatable bonds is 1. The van der Waals surface area contributed by atoms with Crippen molar-refractivity contribution < 1.29 is 35.0 Å². The van der Waals surface area contributed by atoms with Crippen LogP contribution >= 0.6 is 0 Å². The van der Waals surface area contributed by atoms with E-state index in [9.17, 15) is 0 Å². The first kappa shape index (κ1) is 24.0. The Morgan fingerprint density at radius 2 is 1.00 bits per heavy atom. The number of halogens is 2. The van der Waals surface area contributed by atoms with Crippen molar-refractivity contribution in [1.82, 2.24) is 0 Å². The Morgan fingerprint density at radius 1 is 0.857 bits per heavy atom. The standard InChI is InChI=1S/C2H6O2.2ClH.Mg/c3-1-2-4;;;/h3-4H,1-2H2;2*1H;/q;;;+2/p-2. The predicted molar refractivity (Wildman–Crippen MR) is 19.9 cm³/mol. The third-order valence-corrected chi connectivity index (χ3v) is 0.1000. The van der Waals surface area contributed by atoms with Crippen molar-refractivity contribution in [2.45, 2.75) is 0 Å². The molecule has 0 aliphatic rings. The topological polar surface area (TPSA) is 40.5 Å². The minimum atomic E-state index is -0.125. The van der Waals surface area contributed by atoms with Gasteiger partial charge in [0.15, 0.2) is 0 Å². The van der Waals surface area contributed by atoms with E-state index in [0.717, 1.165) is 0 Å². The van der Waals surface area contributed by atoms with Gasteiger partial charge in [-0.05, 0) is 0 Å². The Hall–Kier alpha value is 1.27. The molecule has 0 aromatic carbocycles. The number of aliphatic hydroxyl groups excluding tert-OH is 2. The van der Waals surface area contributed by atoms with Gasteiger partial charge in [-0.2, -0.15) is 0 Å². The van der Waals surface area contributed by atoms with Crippen LogP contribution in [0.1, 0.15) is 0 Å². The maximum absolute atomic E-state index is 7.62. The van der Waals surface area contributed by atoms with Crippen molar-refractivity contribution in [2.75, 3.05) is 13.2 Å². The summed E-state index contributed by atoms with van der Waals surface area (Å²) in [6.07, 6.45) is 0. The molecule has 2 N–H and O–H groups in total. The SMILES string of the molecule is OCCO.[Cl-].[Cl-].[Mg+2]. The molecule has 0 aromatic heterocycles. The van der Waals surface area contributed by atoms with Crippen LogP contribution in [-0.4, -0.2) is 46.5 Å². The minimum Gasteiger partial charge on any atom is -1.00 e. The number of hydrogen-bond donors (Lipinski definition) is 2. The summed E-state index contributed by atoms with van der Waals surface area (Å²) < 4.78 is 0.